The number of ether oxygens (including phenoxy) is 1. The maximum atomic E-state index is 6.04. The molecular weight excluding hydrogens is 384 g/mol. The Balaban J connectivity index is 1.20. The summed E-state index contributed by atoms with van der Waals surface area (Å²) < 4.78 is 6.04. The van der Waals surface area contributed by atoms with Crippen LogP contribution in [0, 0.1) is 0 Å². The van der Waals surface area contributed by atoms with Gasteiger partial charge in [0.1, 0.15) is 6.61 Å². The summed E-state index contributed by atoms with van der Waals surface area (Å²) in [5.41, 5.74) is 3.82. The van der Waals surface area contributed by atoms with Crippen molar-refractivity contribution in [1.82, 2.24) is 10.2 Å². The van der Waals surface area contributed by atoms with E-state index in [4.69, 9.17) is 4.74 Å². The number of likely N-dealkylation sites (tertiary alicyclic amines) is 1. The molecule has 28 heavy (non-hydrogen) atoms. The zero-order valence-corrected chi connectivity index (χ0v) is 18.0. The summed E-state index contributed by atoms with van der Waals surface area (Å²) in [5.74, 6) is 0. The lowest BCUT2D eigenvalue weighted by atomic mass is 10.1. The quantitative estimate of drug-likeness (QED) is 0.660. The Morgan fingerprint density at radius 1 is 1.14 bits per heavy atom. The average Bonchev–Trinajstić information content (AvgIpc) is 3.22. The van der Waals surface area contributed by atoms with Crippen molar-refractivity contribution in [3.8, 4) is 16.2 Å². The Hall–Kier alpha value is -1.53. The van der Waals surface area contributed by atoms with Gasteiger partial charge in [-0.1, -0.05) is 36.4 Å². The van der Waals surface area contributed by atoms with Gasteiger partial charge < -0.3 is 15.0 Å². The van der Waals surface area contributed by atoms with Gasteiger partial charge in [0, 0.05) is 18.0 Å². The molecule has 0 amide bonds. The van der Waals surface area contributed by atoms with Crippen LogP contribution in [-0.4, -0.2) is 44.2 Å². The normalized spacial score (nSPS) is 18.6. The highest BCUT2D eigenvalue weighted by atomic mass is 32.2. The van der Waals surface area contributed by atoms with Crippen LogP contribution in [0.5, 0.6) is 5.06 Å². The molecule has 1 aromatic carbocycles. The van der Waals surface area contributed by atoms with Gasteiger partial charge in [0.25, 0.3) is 0 Å². The van der Waals surface area contributed by atoms with Crippen LogP contribution >= 0.6 is 23.1 Å². The van der Waals surface area contributed by atoms with Gasteiger partial charge >= 0.3 is 0 Å². The second-order valence-electron chi connectivity index (χ2n) is 7.54. The molecule has 0 atom stereocenters. The molecular formula is C23H28N2OS2. The summed E-state index contributed by atoms with van der Waals surface area (Å²) in [6, 6.07) is 13.3. The van der Waals surface area contributed by atoms with Crippen LogP contribution in [0.2, 0.25) is 0 Å². The molecule has 0 radical (unpaired) electrons. The molecule has 0 aliphatic carbocycles. The van der Waals surface area contributed by atoms with Gasteiger partial charge in [0.15, 0.2) is 5.06 Å². The van der Waals surface area contributed by atoms with Crippen molar-refractivity contribution in [2.24, 2.45) is 0 Å². The molecule has 3 heterocycles. The zero-order chi connectivity index (χ0) is 19.2. The van der Waals surface area contributed by atoms with Crippen molar-refractivity contribution in [2.75, 3.05) is 33.3 Å². The number of hydrogen-bond donors (Lipinski definition) is 1. The number of hydrogen-bond acceptors (Lipinski definition) is 5. The number of nitrogens with one attached hydrogen (secondary N) is 1. The number of allylic oxidation sites excluding steroid dienone is 1. The molecule has 0 unspecified atom stereocenters. The van der Waals surface area contributed by atoms with Crippen molar-refractivity contribution >= 4 is 23.1 Å². The lowest BCUT2D eigenvalue weighted by Gasteiger charge is -2.30. The number of thioether (sulfide) groups is 1. The van der Waals surface area contributed by atoms with Crippen molar-refractivity contribution in [1.29, 1.82) is 0 Å². The Morgan fingerprint density at radius 3 is 2.71 bits per heavy atom. The fraction of sp³-hybridized carbons (Fsp3) is 0.391. The molecule has 148 valence electrons. The van der Waals surface area contributed by atoms with Gasteiger partial charge in [0.2, 0.25) is 0 Å². The molecule has 5 heteroatoms. The van der Waals surface area contributed by atoms with E-state index >= 15 is 0 Å². The van der Waals surface area contributed by atoms with Gasteiger partial charge in [-0.2, -0.15) is 0 Å². The lowest BCUT2D eigenvalue weighted by molar-refractivity contribution is 0.237. The van der Waals surface area contributed by atoms with Gasteiger partial charge in [0.05, 0.1) is 0 Å². The van der Waals surface area contributed by atoms with E-state index in [1.165, 1.54) is 47.5 Å². The predicted octanol–water partition coefficient (Wildman–Crippen LogP) is 5.38. The third-order valence-electron chi connectivity index (χ3n) is 5.33. The minimum absolute atomic E-state index is 0.670. The molecule has 1 fully saturated rings. The van der Waals surface area contributed by atoms with E-state index in [0.29, 0.717) is 12.6 Å². The van der Waals surface area contributed by atoms with Crippen LogP contribution in [0.25, 0.3) is 11.1 Å². The first-order chi connectivity index (χ1) is 13.8. The Bertz CT molecular complexity index is 820. The first-order valence-corrected chi connectivity index (χ1v) is 11.7. The van der Waals surface area contributed by atoms with E-state index in [-0.39, 0.29) is 0 Å². The molecule has 1 saturated heterocycles. The van der Waals surface area contributed by atoms with Crippen LogP contribution in [0.1, 0.15) is 19.3 Å². The Kier molecular flexibility index (Phi) is 6.91. The van der Waals surface area contributed by atoms with E-state index in [9.17, 15) is 0 Å². The molecule has 2 aromatic rings. The van der Waals surface area contributed by atoms with Crippen molar-refractivity contribution in [3.63, 3.8) is 0 Å². The van der Waals surface area contributed by atoms with E-state index in [0.717, 1.165) is 18.0 Å². The van der Waals surface area contributed by atoms with Gasteiger partial charge in [-0.15, -0.1) is 23.1 Å². The van der Waals surface area contributed by atoms with Crippen LogP contribution < -0.4 is 10.1 Å². The standard InChI is InChI=1S/C23H28N2OS2/c1-25-11-9-21(10-12-25)24-14-22-8-7-18(16-27-22)15-26-23-13-20(17-28-23)19-5-3-2-4-6-19/h2-6,8,13,16-17,21,24H,7,9-12,14-15H2,1H3. The van der Waals surface area contributed by atoms with E-state index in [1.54, 1.807) is 11.3 Å². The fourth-order valence-corrected chi connectivity index (χ4v) is 5.10. The topological polar surface area (TPSA) is 24.5 Å². The molecule has 3 nitrogen and oxygen atoms in total. The monoisotopic (exact) mass is 412 g/mol. The fourth-order valence-electron chi connectivity index (χ4n) is 3.50. The highest BCUT2D eigenvalue weighted by Gasteiger charge is 2.16. The SMILES string of the molecule is CN1CCC(NCC2=CCC(COc3cc(-c4ccccc4)cs3)=CS2)CC1. The Labute approximate surface area is 176 Å². The number of rotatable bonds is 7. The van der Waals surface area contributed by atoms with Crippen molar-refractivity contribution in [3.05, 3.63) is 63.7 Å². The number of benzene rings is 1. The van der Waals surface area contributed by atoms with E-state index in [1.807, 2.05) is 17.8 Å². The first-order valence-electron chi connectivity index (χ1n) is 9.98. The van der Waals surface area contributed by atoms with Crippen LogP contribution in [-0.2, 0) is 0 Å². The Morgan fingerprint density at radius 2 is 1.96 bits per heavy atom. The van der Waals surface area contributed by atoms with Crippen LogP contribution in [0.15, 0.2) is 63.7 Å². The molecule has 0 spiro atoms. The maximum absolute atomic E-state index is 6.04. The molecule has 2 aliphatic rings. The zero-order valence-electron chi connectivity index (χ0n) is 16.4. The van der Waals surface area contributed by atoms with Crippen molar-refractivity contribution in [2.45, 2.75) is 25.3 Å². The summed E-state index contributed by atoms with van der Waals surface area (Å²) in [6.07, 6.45) is 5.87. The average molecular weight is 413 g/mol. The lowest BCUT2D eigenvalue weighted by Crippen LogP contribution is -2.41. The molecule has 1 aromatic heterocycles. The molecule has 4 rings (SSSR count). The summed E-state index contributed by atoms with van der Waals surface area (Å²) in [4.78, 5) is 3.85. The number of piperidine rings is 1. The highest BCUT2D eigenvalue weighted by Crippen LogP contribution is 2.32. The largest absolute Gasteiger partial charge is 0.480 e. The van der Waals surface area contributed by atoms with Gasteiger partial charge in [-0.05, 0) is 72.5 Å². The smallest absolute Gasteiger partial charge is 0.174 e. The van der Waals surface area contributed by atoms with Gasteiger partial charge in [-0.25, -0.2) is 0 Å². The molecule has 0 bridgehead atoms. The molecule has 2 aliphatic heterocycles. The highest BCUT2D eigenvalue weighted by molar-refractivity contribution is 8.05. The third-order valence-corrected chi connectivity index (χ3v) is 7.24. The summed E-state index contributed by atoms with van der Waals surface area (Å²) in [7, 11) is 2.21. The first kappa shape index (κ1) is 19.8. The van der Waals surface area contributed by atoms with Crippen molar-refractivity contribution < 1.29 is 4.74 Å². The number of thiophene rings is 1. The van der Waals surface area contributed by atoms with Gasteiger partial charge in [-0.3, -0.25) is 0 Å². The molecule has 0 saturated carbocycles. The maximum Gasteiger partial charge on any atom is 0.174 e. The summed E-state index contributed by atoms with van der Waals surface area (Å²) in [5, 5.41) is 9.16. The van der Waals surface area contributed by atoms with E-state index < -0.39 is 0 Å². The van der Waals surface area contributed by atoms with E-state index in [2.05, 4.69) is 64.5 Å². The van der Waals surface area contributed by atoms with Crippen LogP contribution in [0.3, 0.4) is 0 Å². The minimum Gasteiger partial charge on any atom is -0.480 e. The molecule has 1 N–H and O–H groups in total. The summed E-state index contributed by atoms with van der Waals surface area (Å²) >= 11 is 3.52. The second kappa shape index (κ2) is 9.79. The minimum atomic E-state index is 0.670. The number of nitrogens with zero attached hydrogens (tertiary/aromatic N) is 1. The third kappa shape index (κ3) is 5.51. The summed E-state index contributed by atoms with van der Waals surface area (Å²) in [6.45, 7) is 4.09. The van der Waals surface area contributed by atoms with Crippen LogP contribution in [0.4, 0.5) is 0 Å². The second-order valence-corrected chi connectivity index (χ2v) is 9.41. The predicted molar refractivity (Wildman–Crippen MR) is 122 cm³/mol.